The third-order valence-electron chi connectivity index (χ3n) is 6.60. The van der Waals surface area contributed by atoms with Gasteiger partial charge in [-0.15, -0.1) is 5.10 Å². The van der Waals surface area contributed by atoms with E-state index in [1.165, 1.54) is 16.8 Å². The SMILES string of the molecule is CCC(C)(C)n1nnnc1C(c1ccc(F)cc1)N1CCN(c2nc3ccccc3s2)CC1. The van der Waals surface area contributed by atoms with E-state index in [1.54, 1.807) is 11.3 Å². The average Bonchev–Trinajstić information content (AvgIpc) is 3.49. The lowest BCUT2D eigenvalue weighted by molar-refractivity contribution is 0.187. The van der Waals surface area contributed by atoms with E-state index in [9.17, 15) is 4.39 Å². The summed E-state index contributed by atoms with van der Waals surface area (Å²) in [6.45, 7) is 9.79. The van der Waals surface area contributed by atoms with Crippen molar-refractivity contribution in [2.24, 2.45) is 0 Å². The quantitative estimate of drug-likeness (QED) is 0.418. The van der Waals surface area contributed by atoms with Gasteiger partial charge in [-0.1, -0.05) is 42.5 Å². The second kappa shape index (κ2) is 8.79. The Balaban J connectivity index is 1.43. The van der Waals surface area contributed by atoms with Crippen LogP contribution in [0.3, 0.4) is 0 Å². The summed E-state index contributed by atoms with van der Waals surface area (Å²) in [4.78, 5) is 9.57. The first-order chi connectivity index (χ1) is 16.0. The van der Waals surface area contributed by atoms with Crippen LogP contribution in [0.2, 0.25) is 0 Å². The lowest BCUT2D eigenvalue weighted by atomic mass is 9.99. The van der Waals surface area contributed by atoms with Crippen molar-refractivity contribution in [2.45, 2.75) is 38.8 Å². The molecule has 0 aliphatic carbocycles. The molecule has 172 valence electrons. The zero-order valence-electron chi connectivity index (χ0n) is 19.1. The molecule has 0 bridgehead atoms. The van der Waals surface area contributed by atoms with E-state index in [4.69, 9.17) is 4.98 Å². The average molecular weight is 466 g/mol. The number of piperazine rings is 1. The highest BCUT2D eigenvalue weighted by molar-refractivity contribution is 7.22. The number of benzene rings is 2. The Bertz CT molecular complexity index is 1190. The van der Waals surface area contributed by atoms with Gasteiger partial charge < -0.3 is 4.90 Å². The zero-order chi connectivity index (χ0) is 23.0. The highest BCUT2D eigenvalue weighted by Gasteiger charge is 2.34. The third-order valence-corrected chi connectivity index (χ3v) is 7.69. The number of nitrogens with zero attached hydrogens (tertiary/aromatic N) is 7. The molecule has 1 aliphatic heterocycles. The van der Waals surface area contributed by atoms with Crippen molar-refractivity contribution in [3.8, 4) is 0 Å². The first-order valence-corrected chi connectivity index (χ1v) is 12.2. The summed E-state index contributed by atoms with van der Waals surface area (Å²) in [6, 6.07) is 14.8. The van der Waals surface area contributed by atoms with Crippen LogP contribution in [0.5, 0.6) is 0 Å². The topological polar surface area (TPSA) is 63.0 Å². The number of rotatable bonds is 6. The molecule has 1 atom stereocenters. The molecule has 1 unspecified atom stereocenters. The molecule has 2 aromatic heterocycles. The number of aromatic nitrogens is 5. The maximum absolute atomic E-state index is 13.7. The minimum atomic E-state index is -0.244. The number of halogens is 1. The van der Waals surface area contributed by atoms with Crippen LogP contribution in [0.15, 0.2) is 48.5 Å². The van der Waals surface area contributed by atoms with E-state index < -0.39 is 0 Å². The van der Waals surface area contributed by atoms with Crippen LogP contribution >= 0.6 is 11.3 Å². The highest BCUT2D eigenvalue weighted by Crippen LogP contribution is 2.34. The molecule has 0 amide bonds. The predicted octanol–water partition coefficient (Wildman–Crippen LogP) is 4.48. The van der Waals surface area contributed by atoms with Crippen molar-refractivity contribution in [1.29, 1.82) is 0 Å². The van der Waals surface area contributed by atoms with Crippen molar-refractivity contribution < 1.29 is 4.39 Å². The Hall–Kier alpha value is -2.91. The van der Waals surface area contributed by atoms with Crippen LogP contribution in [-0.4, -0.2) is 56.3 Å². The van der Waals surface area contributed by atoms with Crippen LogP contribution < -0.4 is 4.90 Å². The number of tetrazole rings is 1. The summed E-state index contributed by atoms with van der Waals surface area (Å²) in [5.74, 6) is 0.550. The molecular weight excluding hydrogens is 437 g/mol. The van der Waals surface area contributed by atoms with Gasteiger partial charge in [-0.3, -0.25) is 4.90 Å². The fourth-order valence-corrected chi connectivity index (χ4v) is 5.30. The van der Waals surface area contributed by atoms with Gasteiger partial charge in [-0.05, 0) is 60.5 Å². The molecule has 1 aliphatic rings. The summed E-state index contributed by atoms with van der Waals surface area (Å²) < 4.78 is 16.9. The molecule has 33 heavy (non-hydrogen) atoms. The second-order valence-electron chi connectivity index (χ2n) is 9.06. The van der Waals surface area contributed by atoms with Gasteiger partial charge in [0.15, 0.2) is 11.0 Å². The fourth-order valence-electron chi connectivity index (χ4n) is 4.28. The third kappa shape index (κ3) is 4.22. The van der Waals surface area contributed by atoms with Crippen molar-refractivity contribution in [1.82, 2.24) is 30.1 Å². The number of hydrogen-bond donors (Lipinski definition) is 0. The van der Waals surface area contributed by atoms with Crippen molar-refractivity contribution in [3.63, 3.8) is 0 Å². The van der Waals surface area contributed by atoms with E-state index in [-0.39, 0.29) is 17.4 Å². The van der Waals surface area contributed by atoms with Gasteiger partial charge >= 0.3 is 0 Å². The van der Waals surface area contributed by atoms with Crippen molar-refractivity contribution in [3.05, 3.63) is 65.7 Å². The Morgan fingerprint density at radius 3 is 2.45 bits per heavy atom. The molecule has 0 saturated carbocycles. The molecule has 9 heteroatoms. The van der Waals surface area contributed by atoms with Gasteiger partial charge in [0.1, 0.15) is 5.82 Å². The molecular formula is C24H28FN7S. The summed E-state index contributed by atoms with van der Waals surface area (Å²) in [5.41, 5.74) is 1.82. The molecule has 0 N–H and O–H groups in total. The van der Waals surface area contributed by atoms with Crippen LogP contribution in [0.4, 0.5) is 9.52 Å². The molecule has 1 fully saturated rings. The monoisotopic (exact) mass is 465 g/mol. The van der Waals surface area contributed by atoms with E-state index in [1.807, 2.05) is 22.9 Å². The molecule has 0 radical (unpaired) electrons. The van der Waals surface area contributed by atoms with Gasteiger partial charge in [-0.25, -0.2) is 14.1 Å². The molecule has 5 rings (SSSR count). The van der Waals surface area contributed by atoms with E-state index in [0.717, 1.165) is 54.6 Å². The Morgan fingerprint density at radius 2 is 1.76 bits per heavy atom. The number of fused-ring (bicyclic) bond motifs is 1. The summed E-state index contributed by atoms with van der Waals surface area (Å²) in [5, 5.41) is 13.9. The summed E-state index contributed by atoms with van der Waals surface area (Å²) in [7, 11) is 0. The predicted molar refractivity (Wildman–Crippen MR) is 129 cm³/mol. The summed E-state index contributed by atoms with van der Waals surface area (Å²) >= 11 is 1.74. The molecule has 7 nitrogen and oxygen atoms in total. The van der Waals surface area contributed by atoms with Crippen LogP contribution in [0.25, 0.3) is 10.2 Å². The van der Waals surface area contributed by atoms with Crippen LogP contribution in [-0.2, 0) is 5.54 Å². The minimum absolute atomic E-state index is 0.149. The van der Waals surface area contributed by atoms with Gasteiger partial charge in [0.2, 0.25) is 0 Å². The lowest BCUT2D eigenvalue weighted by Crippen LogP contribution is -2.48. The van der Waals surface area contributed by atoms with Gasteiger partial charge in [0.25, 0.3) is 0 Å². The van der Waals surface area contributed by atoms with E-state index in [0.29, 0.717) is 0 Å². The lowest BCUT2D eigenvalue weighted by Gasteiger charge is -2.39. The fraction of sp³-hybridized carbons (Fsp3) is 0.417. The first kappa shape index (κ1) is 21.9. The van der Waals surface area contributed by atoms with Crippen LogP contribution in [0, 0.1) is 5.82 Å². The maximum atomic E-state index is 13.7. The molecule has 2 aromatic carbocycles. The Morgan fingerprint density at radius 1 is 1.03 bits per heavy atom. The zero-order valence-corrected chi connectivity index (χ0v) is 20.0. The number of para-hydroxylation sites is 1. The van der Waals surface area contributed by atoms with Gasteiger partial charge in [0.05, 0.1) is 21.8 Å². The largest absolute Gasteiger partial charge is 0.345 e. The van der Waals surface area contributed by atoms with Crippen molar-refractivity contribution >= 4 is 26.7 Å². The highest BCUT2D eigenvalue weighted by atomic mass is 32.1. The van der Waals surface area contributed by atoms with E-state index in [2.05, 4.69) is 64.3 Å². The molecule has 1 saturated heterocycles. The second-order valence-corrected chi connectivity index (χ2v) is 10.1. The number of hydrogen-bond acceptors (Lipinski definition) is 7. The number of anilines is 1. The molecule has 0 spiro atoms. The smallest absolute Gasteiger partial charge is 0.186 e. The van der Waals surface area contributed by atoms with E-state index >= 15 is 0 Å². The first-order valence-electron chi connectivity index (χ1n) is 11.3. The molecule has 4 aromatic rings. The Kier molecular flexibility index (Phi) is 5.84. The summed E-state index contributed by atoms with van der Waals surface area (Å²) in [6.07, 6.45) is 0.895. The minimum Gasteiger partial charge on any atom is -0.345 e. The Labute approximate surface area is 196 Å². The normalized spacial score (nSPS) is 16.4. The molecule has 3 heterocycles. The maximum Gasteiger partial charge on any atom is 0.186 e. The number of thiazole rings is 1. The standard InChI is InChI=1S/C24H28FN7S/c1-4-24(2,3)32-22(27-28-29-32)21(17-9-11-18(25)12-10-17)30-13-15-31(16-14-30)23-26-19-7-5-6-8-20(19)33-23/h5-12,21H,4,13-16H2,1-3H3. The van der Waals surface area contributed by atoms with Gasteiger partial charge in [-0.2, -0.15) is 0 Å². The van der Waals surface area contributed by atoms with Crippen molar-refractivity contribution in [2.75, 3.05) is 31.1 Å². The van der Waals surface area contributed by atoms with Gasteiger partial charge in [0, 0.05) is 26.2 Å². The van der Waals surface area contributed by atoms with Crippen LogP contribution in [0.1, 0.15) is 44.6 Å².